The summed E-state index contributed by atoms with van der Waals surface area (Å²) in [6.45, 7) is 1.69. The van der Waals surface area contributed by atoms with E-state index in [4.69, 9.17) is 14.0 Å². The van der Waals surface area contributed by atoms with Crippen molar-refractivity contribution in [3.8, 4) is 11.5 Å². The summed E-state index contributed by atoms with van der Waals surface area (Å²) in [6, 6.07) is 12.5. The maximum Gasteiger partial charge on any atom is 0.301 e. The standard InChI is InChI=1S/C23H19BrN2O6/c1-12-10-18(25-32-12)26-20(13-4-7-15(24)8-5-13)19(22(28)23(26)29)21(27)14-6-9-16(30-2)17(11-14)31-3/h4-11,20,27H,1-3H3/b21-19+. The van der Waals surface area contributed by atoms with Crippen LogP contribution in [-0.2, 0) is 9.59 Å². The highest BCUT2D eigenvalue weighted by molar-refractivity contribution is 9.10. The number of Topliss-reactive ketones (excluding diaryl/α,β-unsaturated/α-hetero) is 1. The Labute approximate surface area is 192 Å². The zero-order valence-corrected chi connectivity index (χ0v) is 19.0. The Balaban J connectivity index is 1.93. The Morgan fingerprint density at radius 2 is 1.75 bits per heavy atom. The molecule has 164 valence electrons. The number of hydrogen-bond acceptors (Lipinski definition) is 7. The summed E-state index contributed by atoms with van der Waals surface area (Å²) in [6.07, 6.45) is 0. The van der Waals surface area contributed by atoms with Crippen molar-refractivity contribution in [3.63, 3.8) is 0 Å². The second-order valence-corrected chi connectivity index (χ2v) is 8.00. The average Bonchev–Trinajstić information content (AvgIpc) is 3.34. The lowest BCUT2D eigenvalue weighted by molar-refractivity contribution is -0.132. The van der Waals surface area contributed by atoms with Gasteiger partial charge in [-0.2, -0.15) is 0 Å². The van der Waals surface area contributed by atoms with Gasteiger partial charge in [0.05, 0.1) is 25.8 Å². The Bertz CT molecular complexity index is 1230. The molecule has 2 heterocycles. The van der Waals surface area contributed by atoms with Crippen molar-refractivity contribution >= 4 is 39.2 Å². The molecule has 1 aliphatic rings. The minimum atomic E-state index is -0.902. The van der Waals surface area contributed by atoms with Gasteiger partial charge in [0.15, 0.2) is 17.3 Å². The van der Waals surface area contributed by atoms with Gasteiger partial charge in [-0.3, -0.25) is 14.5 Å². The van der Waals surface area contributed by atoms with Crippen molar-refractivity contribution < 1.29 is 28.7 Å². The number of methoxy groups -OCH3 is 2. The van der Waals surface area contributed by atoms with Crippen LogP contribution in [0.1, 0.15) is 22.9 Å². The number of nitrogens with zero attached hydrogens (tertiary/aromatic N) is 2. The lowest BCUT2D eigenvalue weighted by Crippen LogP contribution is -2.29. The monoisotopic (exact) mass is 498 g/mol. The first-order valence-electron chi connectivity index (χ1n) is 9.58. The van der Waals surface area contributed by atoms with Crippen LogP contribution in [0.2, 0.25) is 0 Å². The molecular weight excluding hydrogens is 480 g/mol. The summed E-state index contributed by atoms with van der Waals surface area (Å²) in [5.74, 6) is -0.468. The fourth-order valence-corrected chi connectivity index (χ4v) is 3.90. The Hall–Kier alpha value is -3.59. The van der Waals surface area contributed by atoms with Crippen LogP contribution in [0.15, 0.2) is 63.1 Å². The molecule has 0 bridgehead atoms. The van der Waals surface area contributed by atoms with E-state index in [2.05, 4.69) is 21.1 Å². The number of aliphatic hydroxyl groups excluding tert-OH is 1. The molecule has 0 saturated carbocycles. The van der Waals surface area contributed by atoms with E-state index in [1.165, 1.54) is 19.1 Å². The number of amides is 1. The third kappa shape index (κ3) is 3.64. The molecule has 1 aromatic heterocycles. The summed E-state index contributed by atoms with van der Waals surface area (Å²) in [4.78, 5) is 27.4. The number of hydrogen-bond donors (Lipinski definition) is 1. The topological polar surface area (TPSA) is 102 Å². The fourth-order valence-electron chi connectivity index (χ4n) is 3.64. The van der Waals surface area contributed by atoms with Gasteiger partial charge < -0.3 is 19.1 Å². The molecule has 0 radical (unpaired) electrons. The number of carbonyl (C=O) groups is 2. The van der Waals surface area contributed by atoms with Crippen LogP contribution in [0.25, 0.3) is 5.76 Å². The molecule has 0 aliphatic carbocycles. The van der Waals surface area contributed by atoms with Crippen LogP contribution in [0.5, 0.6) is 11.5 Å². The number of ketones is 1. The molecule has 3 aromatic rings. The third-order valence-electron chi connectivity index (χ3n) is 5.15. The quantitative estimate of drug-likeness (QED) is 0.316. The lowest BCUT2D eigenvalue weighted by Gasteiger charge is -2.23. The van der Waals surface area contributed by atoms with Gasteiger partial charge in [-0.25, -0.2) is 0 Å². The summed E-state index contributed by atoms with van der Waals surface area (Å²) in [7, 11) is 2.96. The van der Waals surface area contributed by atoms with Crippen molar-refractivity contribution in [2.75, 3.05) is 19.1 Å². The highest BCUT2D eigenvalue weighted by Crippen LogP contribution is 2.43. The molecule has 1 N–H and O–H groups in total. The van der Waals surface area contributed by atoms with Crippen molar-refractivity contribution in [3.05, 3.63) is 75.5 Å². The van der Waals surface area contributed by atoms with Crippen molar-refractivity contribution in [2.45, 2.75) is 13.0 Å². The number of aromatic nitrogens is 1. The van der Waals surface area contributed by atoms with Crippen LogP contribution in [-0.4, -0.2) is 36.2 Å². The van der Waals surface area contributed by atoms with Crippen molar-refractivity contribution in [1.29, 1.82) is 0 Å². The molecule has 1 saturated heterocycles. The Kier molecular flexibility index (Phi) is 5.75. The first kappa shape index (κ1) is 21.6. The van der Waals surface area contributed by atoms with E-state index in [1.54, 1.807) is 55.5 Å². The van der Waals surface area contributed by atoms with E-state index in [0.717, 1.165) is 4.47 Å². The van der Waals surface area contributed by atoms with E-state index in [0.29, 0.717) is 28.4 Å². The molecule has 8 nitrogen and oxygen atoms in total. The van der Waals surface area contributed by atoms with Crippen LogP contribution in [0.4, 0.5) is 5.82 Å². The van der Waals surface area contributed by atoms with Crippen LogP contribution < -0.4 is 14.4 Å². The maximum absolute atomic E-state index is 13.1. The van der Waals surface area contributed by atoms with Crippen LogP contribution in [0.3, 0.4) is 0 Å². The number of carbonyl (C=O) groups excluding carboxylic acids is 2. The largest absolute Gasteiger partial charge is 0.507 e. The lowest BCUT2D eigenvalue weighted by atomic mass is 9.95. The van der Waals surface area contributed by atoms with Gasteiger partial charge >= 0.3 is 5.91 Å². The summed E-state index contributed by atoms with van der Waals surface area (Å²) in [5.41, 5.74) is 0.861. The summed E-state index contributed by atoms with van der Waals surface area (Å²) in [5, 5.41) is 15.1. The molecule has 2 aromatic carbocycles. The van der Waals surface area contributed by atoms with Gasteiger partial charge in [0.1, 0.15) is 11.5 Å². The minimum Gasteiger partial charge on any atom is -0.507 e. The average molecular weight is 499 g/mol. The van der Waals surface area contributed by atoms with Gasteiger partial charge in [-0.05, 0) is 42.8 Å². The highest BCUT2D eigenvalue weighted by atomic mass is 79.9. The van der Waals surface area contributed by atoms with E-state index < -0.39 is 17.7 Å². The fraction of sp³-hybridized carbons (Fsp3) is 0.174. The van der Waals surface area contributed by atoms with Gasteiger partial charge in [-0.15, -0.1) is 0 Å². The van der Waals surface area contributed by atoms with Gasteiger partial charge in [0, 0.05) is 16.1 Å². The number of anilines is 1. The molecule has 1 aliphatic heterocycles. The second-order valence-electron chi connectivity index (χ2n) is 7.09. The van der Waals surface area contributed by atoms with Crippen LogP contribution >= 0.6 is 15.9 Å². The van der Waals surface area contributed by atoms with Gasteiger partial charge in [-0.1, -0.05) is 33.2 Å². The first-order chi connectivity index (χ1) is 15.3. The van der Waals surface area contributed by atoms with E-state index in [9.17, 15) is 14.7 Å². The molecule has 1 unspecified atom stereocenters. The molecule has 1 fully saturated rings. The molecular formula is C23H19BrN2O6. The predicted molar refractivity (Wildman–Crippen MR) is 120 cm³/mol. The molecule has 1 atom stereocenters. The van der Waals surface area contributed by atoms with E-state index in [-0.39, 0.29) is 17.2 Å². The number of aliphatic hydroxyl groups is 1. The second kappa shape index (κ2) is 8.51. The number of rotatable bonds is 5. The molecule has 4 rings (SSSR count). The number of ether oxygens (including phenoxy) is 2. The molecule has 32 heavy (non-hydrogen) atoms. The maximum atomic E-state index is 13.1. The number of aryl methyl sites for hydroxylation is 1. The number of benzene rings is 2. The minimum absolute atomic E-state index is 0.0646. The SMILES string of the molecule is COc1ccc(/C(O)=C2\C(=O)C(=O)N(c3cc(C)on3)C2c2ccc(Br)cc2)cc1OC. The smallest absolute Gasteiger partial charge is 0.301 e. The number of halogens is 1. The van der Waals surface area contributed by atoms with Crippen LogP contribution in [0, 0.1) is 6.92 Å². The first-order valence-corrected chi connectivity index (χ1v) is 10.4. The zero-order valence-electron chi connectivity index (χ0n) is 17.5. The Morgan fingerprint density at radius 1 is 1.06 bits per heavy atom. The predicted octanol–water partition coefficient (Wildman–Crippen LogP) is 4.39. The highest BCUT2D eigenvalue weighted by Gasteiger charge is 2.48. The van der Waals surface area contributed by atoms with Gasteiger partial charge in [0.25, 0.3) is 5.78 Å². The van der Waals surface area contributed by atoms with Crippen molar-refractivity contribution in [2.24, 2.45) is 0 Å². The van der Waals surface area contributed by atoms with E-state index in [1.807, 2.05) is 0 Å². The summed E-state index contributed by atoms with van der Waals surface area (Å²) >= 11 is 3.39. The van der Waals surface area contributed by atoms with E-state index >= 15 is 0 Å². The van der Waals surface area contributed by atoms with Crippen molar-refractivity contribution in [1.82, 2.24) is 5.16 Å². The summed E-state index contributed by atoms with van der Waals surface area (Å²) < 4.78 is 16.5. The normalized spacial score (nSPS) is 17.6. The third-order valence-corrected chi connectivity index (χ3v) is 5.68. The molecule has 1 amide bonds. The molecule has 0 spiro atoms. The van der Waals surface area contributed by atoms with Gasteiger partial charge in [0.2, 0.25) is 0 Å². The molecule has 9 heteroatoms. The zero-order chi connectivity index (χ0) is 23.0. The Morgan fingerprint density at radius 3 is 2.34 bits per heavy atom.